The number of ether oxygens (including phenoxy) is 2. The van der Waals surface area contributed by atoms with Gasteiger partial charge in [0, 0.05) is 22.2 Å². The van der Waals surface area contributed by atoms with Gasteiger partial charge in [-0.3, -0.25) is 4.99 Å². The first-order chi connectivity index (χ1) is 12.6. The van der Waals surface area contributed by atoms with Crippen LogP contribution in [0.15, 0.2) is 47.5 Å². The Hall–Kier alpha value is -1.67. The molecule has 0 atom stereocenters. The smallest absolute Gasteiger partial charge is 0.193 e. The first-order valence-electron chi connectivity index (χ1n) is 8.61. The number of nitrogens with zero attached hydrogens (tertiary/aromatic N) is 1. The summed E-state index contributed by atoms with van der Waals surface area (Å²) >= 11 is 6.01. The maximum absolute atomic E-state index is 6.10. The monoisotopic (exact) mass is 501 g/mol. The number of halogens is 2. The van der Waals surface area contributed by atoms with E-state index in [1.165, 1.54) is 12.0 Å². The van der Waals surface area contributed by atoms with Crippen molar-refractivity contribution in [1.29, 1.82) is 0 Å². The Kier molecular flexibility index (Phi) is 7.61. The van der Waals surface area contributed by atoms with E-state index in [4.69, 9.17) is 26.8 Å². The lowest BCUT2D eigenvalue weighted by atomic mass is 9.64. The second kappa shape index (κ2) is 9.50. The Morgan fingerprint density at radius 2 is 1.78 bits per heavy atom. The van der Waals surface area contributed by atoms with Gasteiger partial charge in [-0.2, -0.15) is 0 Å². The molecule has 0 unspecified atom stereocenters. The van der Waals surface area contributed by atoms with Crippen LogP contribution < -0.4 is 20.5 Å². The number of guanidine groups is 1. The Morgan fingerprint density at radius 3 is 2.33 bits per heavy atom. The predicted molar refractivity (Wildman–Crippen MR) is 122 cm³/mol. The number of rotatable bonds is 6. The van der Waals surface area contributed by atoms with E-state index in [0.717, 1.165) is 23.6 Å². The lowest BCUT2D eigenvalue weighted by Gasteiger charge is -2.41. The molecule has 0 spiro atoms. The highest BCUT2D eigenvalue weighted by Crippen LogP contribution is 2.44. The molecule has 0 aromatic heterocycles. The quantitative estimate of drug-likeness (QED) is 0.338. The molecule has 1 aliphatic carbocycles. The van der Waals surface area contributed by atoms with Gasteiger partial charge in [0.25, 0.3) is 0 Å². The molecule has 1 aliphatic rings. The highest BCUT2D eigenvalue weighted by atomic mass is 127. The number of nitrogens with one attached hydrogen (secondary N) is 1. The number of anilines is 1. The van der Waals surface area contributed by atoms with Crippen molar-refractivity contribution in [3.63, 3.8) is 0 Å². The zero-order valence-corrected chi connectivity index (χ0v) is 18.6. The van der Waals surface area contributed by atoms with Crippen LogP contribution in [0.3, 0.4) is 0 Å². The minimum absolute atomic E-state index is 0. The van der Waals surface area contributed by atoms with Crippen LogP contribution in [0, 0.1) is 0 Å². The average molecular weight is 502 g/mol. The highest BCUT2D eigenvalue weighted by molar-refractivity contribution is 14.0. The molecule has 0 radical (unpaired) electrons. The molecule has 0 saturated heterocycles. The highest BCUT2D eigenvalue weighted by Gasteiger charge is 2.38. The molecule has 3 N–H and O–H groups in total. The van der Waals surface area contributed by atoms with Crippen LogP contribution in [0.5, 0.6) is 11.5 Å². The molecular formula is C20H25ClIN3O2. The molecule has 3 rings (SSSR count). The molecule has 7 heteroatoms. The molecule has 5 nitrogen and oxygen atoms in total. The maximum Gasteiger partial charge on any atom is 0.193 e. The lowest BCUT2D eigenvalue weighted by Crippen LogP contribution is -2.38. The van der Waals surface area contributed by atoms with Crippen LogP contribution in [0.1, 0.15) is 24.8 Å². The summed E-state index contributed by atoms with van der Waals surface area (Å²) in [6.45, 7) is 0.654. The van der Waals surface area contributed by atoms with E-state index in [2.05, 4.69) is 22.4 Å². The van der Waals surface area contributed by atoms with Crippen LogP contribution >= 0.6 is 35.6 Å². The summed E-state index contributed by atoms with van der Waals surface area (Å²) in [5.74, 6) is 1.70. The van der Waals surface area contributed by atoms with E-state index in [0.29, 0.717) is 24.0 Å². The summed E-state index contributed by atoms with van der Waals surface area (Å²) in [6, 6.07) is 13.6. The second-order valence-electron chi connectivity index (χ2n) is 6.54. The third kappa shape index (κ3) is 4.99. The molecule has 0 aliphatic heterocycles. The van der Waals surface area contributed by atoms with Crippen molar-refractivity contribution < 1.29 is 9.47 Å². The van der Waals surface area contributed by atoms with Crippen LogP contribution in [-0.4, -0.2) is 26.7 Å². The fraction of sp³-hybridized carbons (Fsp3) is 0.350. The van der Waals surface area contributed by atoms with Gasteiger partial charge in [-0.1, -0.05) is 30.2 Å². The van der Waals surface area contributed by atoms with Crippen molar-refractivity contribution in [2.75, 3.05) is 26.1 Å². The third-order valence-electron chi connectivity index (χ3n) is 4.98. The Labute approximate surface area is 182 Å². The van der Waals surface area contributed by atoms with Gasteiger partial charge in [-0.15, -0.1) is 24.0 Å². The van der Waals surface area contributed by atoms with E-state index < -0.39 is 0 Å². The van der Waals surface area contributed by atoms with Gasteiger partial charge in [0.1, 0.15) is 0 Å². The molecule has 2 aromatic carbocycles. The van der Waals surface area contributed by atoms with Gasteiger partial charge in [0.15, 0.2) is 17.5 Å². The molecule has 27 heavy (non-hydrogen) atoms. The average Bonchev–Trinajstić information content (AvgIpc) is 2.62. The van der Waals surface area contributed by atoms with Gasteiger partial charge in [0.05, 0.1) is 20.8 Å². The van der Waals surface area contributed by atoms with Gasteiger partial charge >= 0.3 is 0 Å². The van der Waals surface area contributed by atoms with Crippen molar-refractivity contribution in [3.05, 3.63) is 53.1 Å². The zero-order chi connectivity index (χ0) is 18.6. The molecule has 1 saturated carbocycles. The summed E-state index contributed by atoms with van der Waals surface area (Å²) in [6.07, 6.45) is 3.44. The fourth-order valence-corrected chi connectivity index (χ4v) is 3.41. The first kappa shape index (κ1) is 21.6. The molecule has 0 bridgehead atoms. The maximum atomic E-state index is 6.10. The number of aliphatic imine (C=N–C) groups is 1. The van der Waals surface area contributed by atoms with E-state index in [9.17, 15) is 0 Å². The molecule has 2 aromatic rings. The van der Waals surface area contributed by atoms with E-state index >= 15 is 0 Å². The van der Waals surface area contributed by atoms with Crippen LogP contribution in [0.4, 0.5) is 5.69 Å². The number of nitrogens with two attached hydrogens (primary N) is 1. The number of benzene rings is 2. The third-order valence-corrected chi connectivity index (χ3v) is 5.23. The first-order valence-corrected chi connectivity index (χ1v) is 8.99. The number of hydrogen-bond donors (Lipinski definition) is 2. The van der Waals surface area contributed by atoms with Crippen LogP contribution in [0.2, 0.25) is 5.02 Å². The second-order valence-corrected chi connectivity index (χ2v) is 6.97. The minimum atomic E-state index is 0. The van der Waals surface area contributed by atoms with Crippen molar-refractivity contribution in [3.8, 4) is 11.5 Å². The molecule has 146 valence electrons. The normalized spacial score (nSPS) is 15.3. The molecule has 0 heterocycles. The summed E-state index contributed by atoms with van der Waals surface area (Å²) in [5.41, 5.74) is 8.24. The topological polar surface area (TPSA) is 68.9 Å². The van der Waals surface area contributed by atoms with E-state index in [-0.39, 0.29) is 29.4 Å². The summed E-state index contributed by atoms with van der Waals surface area (Å²) in [7, 11) is 3.21. The summed E-state index contributed by atoms with van der Waals surface area (Å²) in [4.78, 5) is 4.59. The summed E-state index contributed by atoms with van der Waals surface area (Å²) in [5, 5.41) is 3.87. The van der Waals surface area contributed by atoms with Gasteiger partial charge in [-0.05, 0) is 42.7 Å². The molecule has 0 amide bonds. The van der Waals surface area contributed by atoms with Gasteiger partial charge in [0.2, 0.25) is 0 Å². The SMILES string of the molecule is COc1ccc(NC(N)=NCC2(c3ccc(Cl)cc3)CCC2)cc1OC.I. The Bertz CT molecular complexity index is 792. The van der Waals surface area contributed by atoms with Crippen LogP contribution in [0.25, 0.3) is 0 Å². The predicted octanol–water partition coefficient (Wildman–Crippen LogP) is 4.82. The van der Waals surface area contributed by atoms with E-state index in [1.54, 1.807) is 14.2 Å². The summed E-state index contributed by atoms with van der Waals surface area (Å²) < 4.78 is 10.6. The van der Waals surface area contributed by atoms with Crippen molar-refractivity contribution in [2.45, 2.75) is 24.7 Å². The van der Waals surface area contributed by atoms with Gasteiger partial charge < -0.3 is 20.5 Å². The Morgan fingerprint density at radius 1 is 1.11 bits per heavy atom. The molecule has 1 fully saturated rings. The van der Waals surface area contributed by atoms with Crippen molar-refractivity contribution >= 4 is 47.2 Å². The fourth-order valence-electron chi connectivity index (χ4n) is 3.28. The number of hydrogen-bond acceptors (Lipinski definition) is 3. The van der Waals surface area contributed by atoms with Crippen molar-refractivity contribution in [1.82, 2.24) is 0 Å². The lowest BCUT2D eigenvalue weighted by molar-refractivity contribution is 0.254. The van der Waals surface area contributed by atoms with E-state index in [1.807, 2.05) is 30.3 Å². The largest absolute Gasteiger partial charge is 0.493 e. The van der Waals surface area contributed by atoms with Gasteiger partial charge in [-0.25, -0.2) is 0 Å². The minimum Gasteiger partial charge on any atom is -0.493 e. The standard InChI is InChI=1S/C20H24ClN3O2.HI/c1-25-17-9-8-16(12-18(17)26-2)24-19(22)23-13-20(10-3-11-20)14-4-6-15(21)7-5-14;/h4-9,12H,3,10-11,13H2,1-2H3,(H3,22,23,24);1H. The molecular weight excluding hydrogens is 477 g/mol. The van der Waals surface area contributed by atoms with Crippen LogP contribution in [-0.2, 0) is 5.41 Å². The Balaban J connectivity index is 0.00000261. The number of methoxy groups -OCH3 is 2. The van der Waals surface area contributed by atoms with Crippen molar-refractivity contribution in [2.24, 2.45) is 10.7 Å². The zero-order valence-electron chi connectivity index (χ0n) is 15.5.